The fraction of sp³-hybridized carbons (Fsp3) is 0.176. The Morgan fingerprint density at radius 1 is 1.19 bits per heavy atom. The maximum Gasteiger partial charge on any atom is 0.254 e. The molecule has 21 heavy (non-hydrogen) atoms. The van der Waals surface area contributed by atoms with Gasteiger partial charge in [0.25, 0.3) is 5.91 Å². The van der Waals surface area contributed by atoms with Gasteiger partial charge < -0.3 is 9.64 Å². The van der Waals surface area contributed by atoms with E-state index in [0.29, 0.717) is 30.8 Å². The standard InChI is InChI=1S/C17H14N2O2/c18-11-13-4-3-6-14(10-13)17(20)19-8-9-21-16-7-2-1-5-15(16)12-19/h1-7,10H,8-9,12H2. The van der Waals surface area contributed by atoms with Crippen molar-refractivity contribution in [3.63, 3.8) is 0 Å². The van der Waals surface area contributed by atoms with E-state index in [0.717, 1.165) is 11.3 Å². The van der Waals surface area contributed by atoms with Gasteiger partial charge in [-0.15, -0.1) is 0 Å². The van der Waals surface area contributed by atoms with Crippen LogP contribution in [0.25, 0.3) is 0 Å². The van der Waals surface area contributed by atoms with Gasteiger partial charge in [0, 0.05) is 17.7 Å². The zero-order valence-electron chi connectivity index (χ0n) is 11.5. The normalized spacial score (nSPS) is 13.6. The lowest BCUT2D eigenvalue weighted by atomic mass is 10.1. The summed E-state index contributed by atoms with van der Waals surface area (Å²) in [6.45, 7) is 1.52. The maximum atomic E-state index is 12.6. The Kier molecular flexibility index (Phi) is 3.57. The number of hydrogen-bond donors (Lipinski definition) is 0. The minimum absolute atomic E-state index is 0.0765. The van der Waals surface area contributed by atoms with Gasteiger partial charge in [-0.05, 0) is 24.3 Å². The van der Waals surface area contributed by atoms with Gasteiger partial charge >= 0.3 is 0 Å². The predicted octanol–water partition coefficient (Wildman–Crippen LogP) is 2.59. The minimum atomic E-state index is -0.0765. The SMILES string of the molecule is N#Cc1cccc(C(=O)N2CCOc3ccccc3C2)c1. The first kappa shape index (κ1) is 13.2. The van der Waals surface area contributed by atoms with Crippen LogP contribution in [0.1, 0.15) is 21.5 Å². The Morgan fingerprint density at radius 2 is 2.05 bits per heavy atom. The molecule has 104 valence electrons. The molecule has 0 radical (unpaired) electrons. The number of para-hydroxylation sites is 1. The van der Waals surface area contributed by atoms with Crippen LogP contribution in [0, 0.1) is 11.3 Å². The molecule has 0 fully saturated rings. The van der Waals surface area contributed by atoms with E-state index in [4.69, 9.17) is 10.00 Å². The molecule has 1 amide bonds. The van der Waals surface area contributed by atoms with Gasteiger partial charge in [-0.2, -0.15) is 5.26 Å². The van der Waals surface area contributed by atoms with Crippen molar-refractivity contribution in [3.8, 4) is 11.8 Å². The molecule has 1 aliphatic rings. The number of carbonyl (C=O) groups is 1. The van der Waals surface area contributed by atoms with Gasteiger partial charge in [0.05, 0.1) is 18.2 Å². The van der Waals surface area contributed by atoms with E-state index in [1.807, 2.05) is 24.3 Å². The smallest absolute Gasteiger partial charge is 0.254 e. The zero-order valence-corrected chi connectivity index (χ0v) is 11.5. The van der Waals surface area contributed by atoms with Crippen LogP contribution in [0.4, 0.5) is 0 Å². The molecule has 2 aromatic rings. The highest BCUT2D eigenvalue weighted by Crippen LogP contribution is 2.23. The van der Waals surface area contributed by atoms with Crippen molar-refractivity contribution >= 4 is 5.91 Å². The van der Waals surface area contributed by atoms with Crippen molar-refractivity contribution in [2.45, 2.75) is 6.54 Å². The average Bonchev–Trinajstić information content (AvgIpc) is 2.76. The molecule has 0 bridgehead atoms. The van der Waals surface area contributed by atoms with Gasteiger partial charge in [-0.3, -0.25) is 4.79 Å². The highest BCUT2D eigenvalue weighted by atomic mass is 16.5. The number of ether oxygens (including phenoxy) is 1. The molecule has 2 aromatic carbocycles. The zero-order chi connectivity index (χ0) is 14.7. The average molecular weight is 278 g/mol. The van der Waals surface area contributed by atoms with Crippen LogP contribution in [0.2, 0.25) is 0 Å². The van der Waals surface area contributed by atoms with Crippen LogP contribution in [0.3, 0.4) is 0 Å². The third kappa shape index (κ3) is 2.72. The fourth-order valence-corrected chi connectivity index (χ4v) is 2.40. The summed E-state index contributed by atoms with van der Waals surface area (Å²) in [6.07, 6.45) is 0. The Morgan fingerprint density at radius 3 is 2.90 bits per heavy atom. The molecule has 0 saturated heterocycles. The van der Waals surface area contributed by atoms with Gasteiger partial charge in [0.1, 0.15) is 12.4 Å². The Balaban J connectivity index is 1.87. The second kappa shape index (κ2) is 5.68. The Hall–Kier alpha value is -2.80. The number of carbonyl (C=O) groups excluding carboxylic acids is 1. The number of benzene rings is 2. The number of fused-ring (bicyclic) bond motifs is 1. The summed E-state index contributed by atoms with van der Waals surface area (Å²) in [5.41, 5.74) is 2.03. The van der Waals surface area contributed by atoms with Crippen LogP contribution < -0.4 is 4.74 Å². The van der Waals surface area contributed by atoms with Crippen LogP contribution in [-0.2, 0) is 6.54 Å². The molecule has 0 N–H and O–H groups in total. The Labute approximate surface area is 123 Å². The van der Waals surface area contributed by atoms with Crippen molar-refractivity contribution in [2.24, 2.45) is 0 Å². The topological polar surface area (TPSA) is 53.3 Å². The van der Waals surface area contributed by atoms with Crippen LogP contribution in [0.5, 0.6) is 5.75 Å². The Bertz CT molecular complexity index is 719. The van der Waals surface area contributed by atoms with Crippen LogP contribution >= 0.6 is 0 Å². The molecule has 0 aromatic heterocycles. The predicted molar refractivity (Wildman–Crippen MR) is 77.8 cm³/mol. The lowest BCUT2D eigenvalue weighted by Crippen LogP contribution is -2.32. The lowest BCUT2D eigenvalue weighted by Gasteiger charge is -2.20. The van der Waals surface area contributed by atoms with Gasteiger partial charge in [0.15, 0.2) is 0 Å². The van der Waals surface area contributed by atoms with E-state index in [-0.39, 0.29) is 5.91 Å². The summed E-state index contributed by atoms with van der Waals surface area (Å²) in [4.78, 5) is 14.3. The van der Waals surface area contributed by atoms with E-state index >= 15 is 0 Å². The quantitative estimate of drug-likeness (QED) is 0.805. The molecular weight excluding hydrogens is 264 g/mol. The van der Waals surface area contributed by atoms with Crippen molar-refractivity contribution < 1.29 is 9.53 Å². The van der Waals surface area contributed by atoms with Crippen LogP contribution in [0.15, 0.2) is 48.5 Å². The van der Waals surface area contributed by atoms with Gasteiger partial charge in [0.2, 0.25) is 0 Å². The molecule has 4 nitrogen and oxygen atoms in total. The second-order valence-electron chi connectivity index (χ2n) is 4.88. The number of nitriles is 1. The lowest BCUT2D eigenvalue weighted by molar-refractivity contribution is 0.0733. The van der Waals surface area contributed by atoms with Crippen molar-refractivity contribution in [2.75, 3.05) is 13.2 Å². The first-order chi connectivity index (χ1) is 10.3. The van der Waals surface area contributed by atoms with E-state index in [1.165, 1.54) is 0 Å². The van der Waals surface area contributed by atoms with E-state index in [1.54, 1.807) is 29.2 Å². The van der Waals surface area contributed by atoms with Gasteiger partial charge in [-0.25, -0.2) is 0 Å². The molecule has 0 aliphatic carbocycles. The van der Waals surface area contributed by atoms with E-state index in [2.05, 4.69) is 6.07 Å². The monoisotopic (exact) mass is 278 g/mol. The van der Waals surface area contributed by atoms with Gasteiger partial charge in [-0.1, -0.05) is 24.3 Å². The molecule has 0 saturated carbocycles. The highest BCUT2D eigenvalue weighted by Gasteiger charge is 2.20. The summed E-state index contributed by atoms with van der Waals surface area (Å²) in [5.74, 6) is 0.756. The van der Waals surface area contributed by atoms with Crippen molar-refractivity contribution in [3.05, 3.63) is 65.2 Å². The summed E-state index contributed by atoms with van der Waals surface area (Å²) >= 11 is 0. The largest absolute Gasteiger partial charge is 0.491 e. The highest BCUT2D eigenvalue weighted by molar-refractivity contribution is 5.94. The number of nitrogens with zero attached hydrogens (tertiary/aromatic N) is 2. The maximum absolute atomic E-state index is 12.6. The molecule has 4 heteroatoms. The van der Waals surface area contributed by atoms with E-state index in [9.17, 15) is 4.79 Å². The molecule has 3 rings (SSSR count). The molecule has 0 unspecified atom stereocenters. The first-order valence-corrected chi connectivity index (χ1v) is 6.78. The molecule has 0 spiro atoms. The number of hydrogen-bond acceptors (Lipinski definition) is 3. The first-order valence-electron chi connectivity index (χ1n) is 6.78. The molecule has 0 atom stereocenters. The summed E-state index contributed by atoms with van der Waals surface area (Å²) in [5, 5.41) is 8.93. The second-order valence-corrected chi connectivity index (χ2v) is 4.88. The van der Waals surface area contributed by atoms with Crippen LogP contribution in [-0.4, -0.2) is 24.0 Å². The summed E-state index contributed by atoms with van der Waals surface area (Å²) in [6, 6.07) is 16.6. The minimum Gasteiger partial charge on any atom is -0.491 e. The van der Waals surface area contributed by atoms with Crippen molar-refractivity contribution in [1.82, 2.24) is 4.90 Å². The number of rotatable bonds is 1. The summed E-state index contributed by atoms with van der Waals surface area (Å²) in [7, 11) is 0. The van der Waals surface area contributed by atoms with E-state index < -0.39 is 0 Å². The molecule has 1 heterocycles. The fourth-order valence-electron chi connectivity index (χ4n) is 2.40. The number of amides is 1. The van der Waals surface area contributed by atoms with Crippen molar-refractivity contribution in [1.29, 1.82) is 5.26 Å². The third-order valence-corrected chi connectivity index (χ3v) is 3.48. The molecular formula is C17H14N2O2. The summed E-state index contributed by atoms with van der Waals surface area (Å²) < 4.78 is 5.66. The molecule has 1 aliphatic heterocycles. The third-order valence-electron chi connectivity index (χ3n) is 3.48.